The van der Waals surface area contributed by atoms with Gasteiger partial charge in [-0.25, -0.2) is 9.18 Å². The molecule has 136 valence electrons. The number of carbonyl (C=O) groups excluding carboxylic acids is 1. The third kappa shape index (κ3) is 5.53. The third-order valence-electron chi connectivity index (χ3n) is 3.57. The van der Waals surface area contributed by atoms with Crippen LogP contribution in [-0.4, -0.2) is 23.4 Å². The first-order valence-electron chi connectivity index (χ1n) is 8.17. The fraction of sp³-hybridized carbons (Fsp3) is 0.200. The van der Waals surface area contributed by atoms with Gasteiger partial charge in [0.25, 0.3) is 0 Å². The number of nitrogens with zero attached hydrogens (tertiary/aromatic N) is 1. The van der Waals surface area contributed by atoms with Gasteiger partial charge in [-0.2, -0.15) is 5.10 Å². The second-order valence-corrected chi connectivity index (χ2v) is 5.55. The molecule has 2 N–H and O–H groups in total. The van der Waals surface area contributed by atoms with Crippen LogP contribution in [0.3, 0.4) is 0 Å². The maximum absolute atomic E-state index is 13.0. The summed E-state index contributed by atoms with van der Waals surface area (Å²) in [6.45, 7) is 5.75. The number of halogens is 1. The van der Waals surface area contributed by atoms with Crippen molar-refractivity contribution >= 4 is 17.4 Å². The lowest BCUT2D eigenvalue weighted by Crippen LogP contribution is -2.21. The van der Waals surface area contributed by atoms with E-state index in [1.54, 1.807) is 19.1 Å². The molecule has 26 heavy (non-hydrogen) atoms. The highest BCUT2D eigenvalue weighted by Gasteiger charge is 2.19. The molecule has 0 amide bonds. The summed E-state index contributed by atoms with van der Waals surface area (Å²) in [6, 6.07) is 14.5. The quantitative estimate of drug-likeness (QED) is 0.326. The first-order valence-corrected chi connectivity index (χ1v) is 8.17. The minimum absolute atomic E-state index is 0.0308. The molecule has 2 rings (SSSR count). The topological polar surface area (TPSA) is 70.9 Å². The number of rotatable bonds is 8. The number of hydrogen-bond donors (Lipinski definition) is 2. The summed E-state index contributed by atoms with van der Waals surface area (Å²) in [6.07, 6.45) is -0.898. The van der Waals surface area contributed by atoms with Crippen LogP contribution in [0.2, 0.25) is 0 Å². The Hall–Kier alpha value is -2.99. The Kier molecular flexibility index (Phi) is 7.05. The lowest BCUT2D eigenvalue weighted by Gasteiger charge is -2.15. The van der Waals surface area contributed by atoms with Crippen LogP contribution >= 0.6 is 0 Å². The zero-order valence-corrected chi connectivity index (χ0v) is 14.5. The molecule has 1 atom stereocenters. The lowest BCUT2D eigenvalue weighted by atomic mass is 9.98. The first kappa shape index (κ1) is 19.3. The number of esters is 1. The van der Waals surface area contributed by atoms with Gasteiger partial charge in [0, 0.05) is 6.42 Å². The summed E-state index contributed by atoms with van der Waals surface area (Å²) in [7, 11) is 0. The van der Waals surface area contributed by atoms with Gasteiger partial charge in [0.2, 0.25) is 0 Å². The van der Waals surface area contributed by atoms with Crippen molar-refractivity contribution in [1.82, 2.24) is 0 Å². The van der Waals surface area contributed by atoms with Crippen molar-refractivity contribution in [3.8, 4) is 0 Å². The van der Waals surface area contributed by atoms with Gasteiger partial charge in [-0.05, 0) is 42.3 Å². The molecule has 0 saturated heterocycles. The molecule has 2 aromatic carbocycles. The Labute approximate surface area is 151 Å². The Bertz CT molecular complexity index is 773. The molecule has 1 unspecified atom stereocenters. The minimum Gasteiger partial charge on any atom is -0.461 e. The van der Waals surface area contributed by atoms with Gasteiger partial charge in [-0.3, -0.25) is 5.43 Å². The molecule has 0 aliphatic rings. The van der Waals surface area contributed by atoms with Crippen LogP contribution in [0.25, 0.3) is 0 Å². The summed E-state index contributed by atoms with van der Waals surface area (Å²) in [5, 5.41) is 14.5. The number of carbonyl (C=O) groups is 1. The van der Waals surface area contributed by atoms with Crippen LogP contribution < -0.4 is 5.43 Å². The first-order chi connectivity index (χ1) is 12.5. The number of hydrazone groups is 1. The zero-order chi connectivity index (χ0) is 18.9. The number of benzene rings is 2. The second-order valence-electron chi connectivity index (χ2n) is 5.55. The van der Waals surface area contributed by atoms with E-state index in [-0.39, 0.29) is 24.6 Å². The summed E-state index contributed by atoms with van der Waals surface area (Å²) < 4.78 is 18.0. The van der Waals surface area contributed by atoms with Gasteiger partial charge in [-0.1, -0.05) is 36.9 Å². The van der Waals surface area contributed by atoms with Crippen molar-refractivity contribution in [3.63, 3.8) is 0 Å². The second kappa shape index (κ2) is 9.48. The average molecular weight is 356 g/mol. The van der Waals surface area contributed by atoms with Gasteiger partial charge in [0.1, 0.15) is 17.6 Å². The van der Waals surface area contributed by atoms with Crippen molar-refractivity contribution in [2.45, 2.75) is 19.4 Å². The molecule has 0 aliphatic heterocycles. The van der Waals surface area contributed by atoms with Crippen LogP contribution in [0.1, 0.15) is 25.0 Å². The van der Waals surface area contributed by atoms with Gasteiger partial charge in [0.15, 0.2) is 0 Å². The summed E-state index contributed by atoms with van der Waals surface area (Å²) in [5.74, 6) is -0.979. The minimum atomic E-state index is -0.929. The highest BCUT2D eigenvalue weighted by Crippen LogP contribution is 2.23. The van der Waals surface area contributed by atoms with Gasteiger partial charge >= 0.3 is 5.97 Å². The number of ether oxygens (including phenoxy) is 1. The molecule has 0 aliphatic carbocycles. The highest BCUT2D eigenvalue weighted by molar-refractivity contribution is 6.37. The van der Waals surface area contributed by atoms with Gasteiger partial charge in [0.05, 0.1) is 12.3 Å². The largest absolute Gasteiger partial charge is 0.461 e. The van der Waals surface area contributed by atoms with E-state index in [9.17, 15) is 14.3 Å². The predicted octanol–water partition coefficient (Wildman–Crippen LogP) is 3.84. The fourth-order valence-corrected chi connectivity index (χ4v) is 2.21. The molecular weight excluding hydrogens is 335 g/mol. The third-order valence-corrected chi connectivity index (χ3v) is 3.57. The maximum Gasteiger partial charge on any atom is 0.354 e. The number of anilines is 1. The summed E-state index contributed by atoms with van der Waals surface area (Å²) in [5.41, 5.74) is 4.35. The van der Waals surface area contributed by atoms with Crippen LogP contribution in [0.5, 0.6) is 0 Å². The molecule has 5 nitrogen and oxygen atoms in total. The summed E-state index contributed by atoms with van der Waals surface area (Å²) in [4.78, 5) is 12.1. The van der Waals surface area contributed by atoms with Crippen molar-refractivity contribution in [1.29, 1.82) is 0 Å². The average Bonchev–Trinajstić information content (AvgIpc) is 2.66. The Morgan fingerprint density at radius 1 is 1.23 bits per heavy atom. The van der Waals surface area contributed by atoms with Crippen LogP contribution in [-0.2, 0) is 9.53 Å². The van der Waals surface area contributed by atoms with Crippen molar-refractivity contribution < 1.29 is 19.0 Å². The van der Waals surface area contributed by atoms with Crippen molar-refractivity contribution in [2.75, 3.05) is 12.0 Å². The molecule has 6 heteroatoms. The van der Waals surface area contributed by atoms with Crippen LogP contribution in [0.15, 0.2) is 71.9 Å². The van der Waals surface area contributed by atoms with Crippen molar-refractivity contribution in [2.24, 2.45) is 5.10 Å². The predicted molar refractivity (Wildman–Crippen MR) is 99.2 cm³/mol. The Morgan fingerprint density at radius 2 is 1.88 bits per heavy atom. The van der Waals surface area contributed by atoms with E-state index in [4.69, 9.17) is 4.74 Å². The number of aliphatic hydroxyl groups excluding tert-OH is 1. The smallest absolute Gasteiger partial charge is 0.354 e. The number of hydrogen-bond acceptors (Lipinski definition) is 5. The Morgan fingerprint density at radius 3 is 2.50 bits per heavy atom. The van der Waals surface area contributed by atoms with E-state index in [1.165, 1.54) is 24.3 Å². The molecule has 0 saturated carbocycles. The normalized spacial score (nSPS) is 12.3. The molecule has 0 aromatic heterocycles. The van der Waals surface area contributed by atoms with Crippen LogP contribution in [0, 0.1) is 5.82 Å². The van der Waals surface area contributed by atoms with E-state index in [2.05, 4.69) is 17.1 Å². The SMILES string of the molecule is C=C(C/C(=N\Nc1ccc(F)cc1)C(=O)OCC)C(O)c1ccccc1. The van der Waals surface area contributed by atoms with E-state index >= 15 is 0 Å². The molecule has 0 spiro atoms. The van der Waals surface area contributed by atoms with E-state index in [0.717, 1.165) is 0 Å². The molecule has 0 fully saturated rings. The molecule has 0 radical (unpaired) electrons. The highest BCUT2D eigenvalue weighted by atomic mass is 19.1. The maximum atomic E-state index is 13.0. The molecule has 0 heterocycles. The standard InChI is InChI=1S/C20H21FN2O3/c1-3-26-20(25)18(23-22-17-11-9-16(21)10-12-17)13-14(2)19(24)15-7-5-4-6-8-15/h4-12,19,22,24H,2-3,13H2,1H3/b23-18+. The monoisotopic (exact) mass is 356 g/mol. The zero-order valence-electron chi connectivity index (χ0n) is 14.5. The van der Waals surface area contributed by atoms with Crippen LogP contribution in [0.4, 0.5) is 10.1 Å². The summed E-state index contributed by atoms with van der Waals surface area (Å²) >= 11 is 0. The van der Waals surface area contributed by atoms with Crippen molar-refractivity contribution in [3.05, 3.63) is 78.1 Å². The van der Waals surface area contributed by atoms with E-state index in [1.807, 2.05) is 18.2 Å². The van der Waals surface area contributed by atoms with E-state index < -0.39 is 12.1 Å². The molecule has 0 bridgehead atoms. The fourth-order valence-electron chi connectivity index (χ4n) is 2.21. The van der Waals surface area contributed by atoms with Gasteiger partial charge in [-0.15, -0.1) is 0 Å². The lowest BCUT2D eigenvalue weighted by molar-refractivity contribution is -0.135. The van der Waals surface area contributed by atoms with Gasteiger partial charge < -0.3 is 9.84 Å². The van der Waals surface area contributed by atoms with E-state index in [0.29, 0.717) is 16.8 Å². The Balaban J connectivity index is 2.13. The number of nitrogens with one attached hydrogen (secondary N) is 1. The number of aliphatic hydroxyl groups is 1. The molecular formula is C20H21FN2O3. The molecule has 2 aromatic rings.